The zero-order valence-electron chi connectivity index (χ0n) is 14.2. The quantitative estimate of drug-likeness (QED) is 0.457. The van der Waals surface area contributed by atoms with E-state index in [1.54, 1.807) is 0 Å². The van der Waals surface area contributed by atoms with Crippen molar-refractivity contribution in [3.8, 4) is 11.5 Å². The fourth-order valence-corrected chi connectivity index (χ4v) is 2.53. The van der Waals surface area contributed by atoms with Crippen LogP contribution in [0.15, 0.2) is 30.3 Å². The number of carbonyl (C=O) groups excluding carboxylic acids is 3. The lowest BCUT2D eigenvalue weighted by Gasteiger charge is -2.11. The number of fused-ring (bicyclic) bond motifs is 1. The summed E-state index contributed by atoms with van der Waals surface area (Å²) in [5.74, 6) is -0.788. The molecule has 0 aliphatic carbocycles. The van der Waals surface area contributed by atoms with Crippen LogP contribution in [0.25, 0.3) is 0 Å². The van der Waals surface area contributed by atoms with Gasteiger partial charge in [0.1, 0.15) is 0 Å². The van der Waals surface area contributed by atoms with E-state index in [4.69, 9.17) is 31.5 Å². The summed E-state index contributed by atoms with van der Waals surface area (Å²) < 4.78 is 15.4. The van der Waals surface area contributed by atoms with E-state index in [0.717, 1.165) is 0 Å². The third-order valence-corrected chi connectivity index (χ3v) is 4.08. The molecule has 1 heterocycles. The van der Waals surface area contributed by atoms with Gasteiger partial charge in [-0.05, 0) is 31.2 Å². The van der Waals surface area contributed by atoms with Gasteiger partial charge in [-0.1, -0.05) is 11.6 Å². The highest BCUT2D eigenvalue weighted by atomic mass is 35.5. The van der Waals surface area contributed by atoms with Crippen LogP contribution in [0.2, 0.25) is 5.02 Å². The van der Waals surface area contributed by atoms with E-state index in [1.807, 2.05) is 0 Å². The summed E-state index contributed by atoms with van der Waals surface area (Å²) in [5.41, 5.74) is 6.51. The summed E-state index contributed by atoms with van der Waals surface area (Å²) >= 11 is 5.80. The van der Waals surface area contributed by atoms with Crippen molar-refractivity contribution in [1.82, 2.24) is 0 Å². The zero-order chi connectivity index (χ0) is 19.6. The van der Waals surface area contributed by atoms with Gasteiger partial charge in [0.05, 0.1) is 22.0 Å². The number of ether oxygens (including phenoxy) is 3. The molecule has 2 aromatic rings. The Bertz CT molecular complexity index is 944. The van der Waals surface area contributed by atoms with Gasteiger partial charge in [-0.3, -0.25) is 9.59 Å². The molecule has 0 spiro atoms. The molecule has 0 atom stereocenters. The summed E-state index contributed by atoms with van der Waals surface area (Å²) in [6.07, 6.45) is 0. The van der Waals surface area contributed by atoms with Crippen LogP contribution in [0.3, 0.4) is 0 Å². The van der Waals surface area contributed by atoms with Gasteiger partial charge in [0.2, 0.25) is 6.79 Å². The van der Waals surface area contributed by atoms with E-state index in [-0.39, 0.29) is 35.1 Å². The highest BCUT2D eigenvalue weighted by Crippen LogP contribution is 2.37. The number of anilines is 2. The lowest BCUT2D eigenvalue weighted by Crippen LogP contribution is -2.22. The molecule has 0 bridgehead atoms. The second-order valence-electron chi connectivity index (χ2n) is 5.67. The molecule has 0 unspecified atom stereocenters. The standard InChI is InChI=1S/C18H15ClN2O6/c1-9(22)11-5-15-16(27-8-26-15)6-14(11)21-17(23)7-25-18(24)10-2-3-12(19)13(20)4-10/h2-6H,7-8,20H2,1H3,(H,21,23). The van der Waals surface area contributed by atoms with Crippen molar-refractivity contribution in [2.75, 3.05) is 24.5 Å². The van der Waals surface area contributed by atoms with Crippen molar-refractivity contribution in [3.63, 3.8) is 0 Å². The summed E-state index contributed by atoms with van der Waals surface area (Å²) in [7, 11) is 0. The number of rotatable bonds is 5. The van der Waals surface area contributed by atoms with Crippen LogP contribution in [0, 0.1) is 0 Å². The van der Waals surface area contributed by atoms with Crippen molar-refractivity contribution in [1.29, 1.82) is 0 Å². The largest absolute Gasteiger partial charge is 0.454 e. The minimum Gasteiger partial charge on any atom is -0.454 e. The number of nitrogens with one attached hydrogen (secondary N) is 1. The molecule has 0 saturated heterocycles. The van der Waals surface area contributed by atoms with Gasteiger partial charge in [0, 0.05) is 11.6 Å². The number of hydrogen-bond acceptors (Lipinski definition) is 7. The van der Waals surface area contributed by atoms with Gasteiger partial charge in [-0.15, -0.1) is 0 Å². The van der Waals surface area contributed by atoms with Gasteiger partial charge in [0.15, 0.2) is 23.9 Å². The molecule has 9 heteroatoms. The topological polar surface area (TPSA) is 117 Å². The van der Waals surface area contributed by atoms with Crippen molar-refractivity contribution in [2.24, 2.45) is 0 Å². The maximum absolute atomic E-state index is 12.1. The number of nitrogens with two attached hydrogens (primary N) is 1. The first-order valence-corrected chi connectivity index (χ1v) is 8.19. The van der Waals surface area contributed by atoms with Crippen LogP contribution in [-0.2, 0) is 9.53 Å². The highest BCUT2D eigenvalue weighted by molar-refractivity contribution is 6.33. The third-order valence-electron chi connectivity index (χ3n) is 3.73. The van der Waals surface area contributed by atoms with Crippen LogP contribution in [0.5, 0.6) is 11.5 Å². The van der Waals surface area contributed by atoms with Gasteiger partial charge >= 0.3 is 5.97 Å². The van der Waals surface area contributed by atoms with Crippen LogP contribution >= 0.6 is 11.6 Å². The Hall–Kier alpha value is -3.26. The van der Waals surface area contributed by atoms with E-state index < -0.39 is 18.5 Å². The summed E-state index contributed by atoms with van der Waals surface area (Å²) in [6, 6.07) is 7.22. The fraction of sp³-hybridized carbons (Fsp3) is 0.167. The van der Waals surface area contributed by atoms with Gasteiger partial charge in [0.25, 0.3) is 5.91 Å². The number of benzene rings is 2. The summed E-state index contributed by atoms with van der Waals surface area (Å²) in [4.78, 5) is 35.9. The molecule has 0 fully saturated rings. The van der Waals surface area contributed by atoms with Crippen molar-refractivity contribution >= 4 is 40.6 Å². The summed E-state index contributed by atoms with van der Waals surface area (Å²) in [5, 5.41) is 2.84. The molecule has 0 radical (unpaired) electrons. The van der Waals surface area contributed by atoms with Crippen LogP contribution < -0.4 is 20.5 Å². The van der Waals surface area contributed by atoms with Crippen LogP contribution in [-0.4, -0.2) is 31.1 Å². The van der Waals surface area contributed by atoms with Crippen molar-refractivity contribution < 1.29 is 28.6 Å². The number of carbonyl (C=O) groups is 3. The average Bonchev–Trinajstić information content (AvgIpc) is 3.08. The van der Waals surface area contributed by atoms with Crippen LogP contribution in [0.4, 0.5) is 11.4 Å². The highest BCUT2D eigenvalue weighted by Gasteiger charge is 2.21. The molecule has 2 aromatic carbocycles. The molecule has 0 saturated carbocycles. The molecule has 27 heavy (non-hydrogen) atoms. The maximum Gasteiger partial charge on any atom is 0.338 e. The lowest BCUT2D eigenvalue weighted by atomic mass is 10.1. The average molecular weight is 391 g/mol. The monoisotopic (exact) mass is 390 g/mol. The fourth-order valence-electron chi connectivity index (χ4n) is 2.41. The molecule has 1 aliphatic rings. The Balaban J connectivity index is 1.66. The van der Waals surface area contributed by atoms with E-state index in [0.29, 0.717) is 16.5 Å². The first-order chi connectivity index (χ1) is 12.8. The van der Waals surface area contributed by atoms with E-state index in [2.05, 4.69) is 5.32 Å². The predicted octanol–water partition coefficient (Wildman–Crippen LogP) is 2.65. The van der Waals surface area contributed by atoms with Gasteiger partial charge < -0.3 is 25.3 Å². The first kappa shape index (κ1) is 18.5. The number of amides is 1. The molecule has 1 amide bonds. The van der Waals surface area contributed by atoms with Crippen LogP contribution in [0.1, 0.15) is 27.6 Å². The SMILES string of the molecule is CC(=O)c1cc2c(cc1NC(=O)COC(=O)c1ccc(Cl)c(N)c1)OCO2. The number of hydrogen-bond donors (Lipinski definition) is 2. The number of ketones is 1. The molecule has 0 aromatic heterocycles. The molecule has 1 aliphatic heterocycles. The van der Waals surface area contributed by atoms with Gasteiger partial charge in [-0.25, -0.2) is 4.79 Å². The first-order valence-electron chi connectivity index (χ1n) is 7.81. The predicted molar refractivity (Wildman–Crippen MR) is 97.3 cm³/mol. The number of esters is 1. The molecule has 140 valence electrons. The zero-order valence-corrected chi connectivity index (χ0v) is 15.0. The summed E-state index contributed by atoms with van der Waals surface area (Å²) in [6.45, 7) is 0.844. The molecule has 3 N–H and O–H groups in total. The Morgan fingerprint density at radius 2 is 1.89 bits per heavy atom. The van der Waals surface area contributed by atoms with Crippen molar-refractivity contribution in [3.05, 3.63) is 46.5 Å². The lowest BCUT2D eigenvalue weighted by molar-refractivity contribution is -0.119. The molecule has 8 nitrogen and oxygen atoms in total. The minimum atomic E-state index is -0.731. The van der Waals surface area contributed by atoms with E-state index in [1.165, 1.54) is 37.3 Å². The Morgan fingerprint density at radius 1 is 1.19 bits per heavy atom. The van der Waals surface area contributed by atoms with E-state index in [9.17, 15) is 14.4 Å². The second kappa shape index (κ2) is 7.55. The smallest absolute Gasteiger partial charge is 0.338 e. The Kier molecular flexibility index (Phi) is 5.18. The minimum absolute atomic E-state index is 0.0336. The molecule has 3 rings (SSSR count). The number of nitrogen functional groups attached to an aromatic ring is 1. The molecular weight excluding hydrogens is 376 g/mol. The number of Topliss-reactive ketones (excluding diaryl/α,β-unsaturated/α-hetero) is 1. The second-order valence-corrected chi connectivity index (χ2v) is 6.08. The normalized spacial score (nSPS) is 11.8. The third kappa shape index (κ3) is 4.12. The van der Waals surface area contributed by atoms with Crippen molar-refractivity contribution in [2.45, 2.75) is 6.92 Å². The Labute approximate surface area is 159 Å². The number of halogens is 1. The van der Waals surface area contributed by atoms with Gasteiger partial charge in [-0.2, -0.15) is 0 Å². The molecular formula is C18H15ClN2O6. The maximum atomic E-state index is 12.1. The Morgan fingerprint density at radius 3 is 2.56 bits per heavy atom. The van der Waals surface area contributed by atoms with E-state index >= 15 is 0 Å².